The van der Waals surface area contributed by atoms with Crippen molar-refractivity contribution in [3.8, 4) is 0 Å². The van der Waals surface area contributed by atoms with Crippen LogP contribution in [0.5, 0.6) is 0 Å². The molecule has 1 amide bonds. The van der Waals surface area contributed by atoms with E-state index in [-0.39, 0.29) is 16.7 Å². The number of thioether (sulfide) groups is 1. The van der Waals surface area contributed by atoms with Gasteiger partial charge in [0.2, 0.25) is 5.91 Å². The summed E-state index contributed by atoms with van der Waals surface area (Å²) < 4.78 is 0. The van der Waals surface area contributed by atoms with E-state index in [0.717, 1.165) is 5.56 Å². The van der Waals surface area contributed by atoms with Crippen molar-refractivity contribution in [2.45, 2.75) is 37.6 Å². The van der Waals surface area contributed by atoms with Crippen molar-refractivity contribution in [2.24, 2.45) is 0 Å². The van der Waals surface area contributed by atoms with Gasteiger partial charge in [-0.15, -0.1) is 0 Å². The Morgan fingerprint density at radius 3 is 2.83 bits per heavy atom. The molecule has 0 spiro atoms. The summed E-state index contributed by atoms with van der Waals surface area (Å²) in [6.45, 7) is 5.51. The zero-order chi connectivity index (χ0) is 17.0. The minimum absolute atomic E-state index is 0.146. The zero-order valence-electron chi connectivity index (χ0n) is 13.1. The van der Waals surface area contributed by atoms with E-state index < -0.39 is 0 Å². The van der Waals surface area contributed by atoms with Crippen LogP contribution in [0.4, 0.5) is 5.69 Å². The molecule has 0 aliphatic heterocycles. The lowest BCUT2D eigenvalue weighted by molar-refractivity contribution is -0.115. The number of nitrogens with zero attached hydrogens (tertiary/aromatic N) is 1. The Balaban J connectivity index is 2.15. The number of rotatable bonds is 5. The molecular formula is C16H18ClN3O2S. The highest BCUT2D eigenvalue weighted by Gasteiger charge is 2.20. The summed E-state index contributed by atoms with van der Waals surface area (Å²) in [7, 11) is 0. The molecule has 2 N–H and O–H groups in total. The number of halogens is 1. The molecule has 7 heteroatoms. The lowest BCUT2D eigenvalue weighted by Gasteiger charge is -2.15. The van der Waals surface area contributed by atoms with Crippen molar-refractivity contribution in [2.75, 3.05) is 5.32 Å². The van der Waals surface area contributed by atoms with Gasteiger partial charge in [0.1, 0.15) is 0 Å². The zero-order valence-corrected chi connectivity index (χ0v) is 14.7. The summed E-state index contributed by atoms with van der Waals surface area (Å²) in [6, 6.07) is 6.79. The van der Waals surface area contributed by atoms with Crippen LogP contribution >= 0.6 is 23.4 Å². The molecule has 5 nitrogen and oxygen atoms in total. The third-order valence-corrected chi connectivity index (χ3v) is 4.95. The summed E-state index contributed by atoms with van der Waals surface area (Å²) in [4.78, 5) is 30.9. The second kappa shape index (κ2) is 7.66. The van der Waals surface area contributed by atoms with Gasteiger partial charge in [-0.05, 0) is 38.0 Å². The van der Waals surface area contributed by atoms with Crippen LogP contribution in [-0.2, 0) is 4.79 Å². The SMILES string of the molecule is CCC(Sc1nc(C)cc(=O)[nH]1)C(=O)Nc1cccc(Cl)c1C. The third-order valence-electron chi connectivity index (χ3n) is 3.29. The molecule has 2 aromatic rings. The monoisotopic (exact) mass is 351 g/mol. The molecule has 0 aliphatic rings. The average Bonchev–Trinajstić information content (AvgIpc) is 2.48. The van der Waals surface area contributed by atoms with E-state index in [1.54, 1.807) is 19.1 Å². The largest absolute Gasteiger partial charge is 0.325 e. The Morgan fingerprint density at radius 1 is 1.43 bits per heavy atom. The molecule has 23 heavy (non-hydrogen) atoms. The molecule has 2 rings (SSSR count). The Hall–Kier alpha value is -1.79. The number of amides is 1. The first-order valence-corrected chi connectivity index (χ1v) is 8.47. The molecule has 1 unspecified atom stereocenters. The molecule has 0 radical (unpaired) electrons. The molecule has 0 bridgehead atoms. The highest BCUT2D eigenvalue weighted by Crippen LogP contribution is 2.26. The van der Waals surface area contributed by atoms with Crippen LogP contribution in [0.25, 0.3) is 0 Å². The fraction of sp³-hybridized carbons (Fsp3) is 0.312. The van der Waals surface area contributed by atoms with Crippen LogP contribution in [0.15, 0.2) is 34.2 Å². The summed E-state index contributed by atoms with van der Waals surface area (Å²) >= 11 is 7.31. The van der Waals surface area contributed by atoms with Crippen LogP contribution in [0.2, 0.25) is 5.02 Å². The van der Waals surface area contributed by atoms with E-state index in [1.165, 1.54) is 17.8 Å². The molecule has 122 valence electrons. The summed E-state index contributed by atoms with van der Waals surface area (Å²) in [5, 5.41) is 3.57. The Kier molecular flexibility index (Phi) is 5.85. The van der Waals surface area contributed by atoms with Crippen molar-refractivity contribution in [3.05, 3.63) is 50.9 Å². The van der Waals surface area contributed by atoms with Crippen LogP contribution in [0.3, 0.4) is 0 Å². The van der Waals surface area contributed by atoms with Crippen molar-refractivity contribution in [1.29, 1.82) is 0 Å². The maximum atomic E-state index is 12.5. The number of nitrogens with one attached hydrogen (secondary N) is 2. The van der Waals surface area contributed by atoms with Gasteiger partial charge in [-0.2, -0.15) is 0 Å². The smallest absolute Gasteiger partial charge is 0.251 e. The lowest BCUT2D eigenvalue weighted by Crippen LogP contribution is -2.25. The summed E-state index contributed by atoms with van der Waals surface area (Å²) in [5.41, 5.74) is 1.91. The van der Waals surface area contributed by atoms with E-state index in [0.29, 0.717) is 28.0 Å². The van der Waals surface area contributed by atoms with E-state index in [2.05, 4.69) is 15.3 Å². The number of aromatic amines is 1. The Labute approximate surface area is 143 Å². The van der Waals surface area contributed by atoms with E-state index in [9.17, 15) is 9.59 Å². The van der Waals surface area contributed by atoms with E-state index >= 15 is 0 Å². The molecule has 1 aromatic heterocycles. The van der Waals surface area contributed by atoms with Gasteiger partial charge in [-0.25, -0.2) is 4.98 Å². The fourth-order valence-electron chi connectivity index (χ4n) is 2.02. The minimum atomic E-state index is -0.363. The van der Waals surface area contributed by atoms with Crippen molar-refractivity contribution in [1.82, 2.24) is 9.97 Å². The quantitative estimate of drug-likeness (QED) is 0.638. The standard InChI is InChI=1S/C16H18ClN3O2S/c1-4-13(23-16-18-9(2)8-14(21)20-16)15(22)19-12-7-5-6-11(17)10(12)3/h5-8,13H,4H2,1-3H3,(H,19,22)(H,18,20,21). The van der Waals surface area contributed by atoms with Crippen LogP contribution in [0.1, 0.15) is 24.6 Å². The number of aryl methyl sites for hydroxylation is 1. The predicted molar refractivity (Wildman–Crippen MR) is 94.3 cm³/mol. The molecule has 1 aromatic carbocycles. The van der Waals surface area contributed by atoms with Crippen LogP contribution in [-0.4, -0.2) is 21.1 Å². The summed E-state index contributed by atoms with van der Waals surface area (Å²) in [5.74, 6) is -0.146. The van der Waals surface area contributed by atoms with Crippen LogP contribution in [0, 0.1) is 13.8 Å². The highest BCUT2D eigenvalue weighted by atomic mass is 35.5. The normalized spacial score (nSPS) is 12.0. The number of anilines is 1. The lowest BCUT2D eigenvalue weighted by atomic mass is 10.2. The second-order valence-corrected chi connectivity index (χ2v) is 6.71. The van der Waals surface area contributed by atoms with Gasteiger partial charge >= 0.3 is 0 Å². The molecule has 0 saturated heterocycles. The van der Waals surface area contributed by atoms with Gasteiger partial charge in [-0.3, -0.25) is 9.59 Å². The van der Waals surface area contributed by atoms with Gasteiger partial charge < -0.3 is 10.3 Å². The van der Waals surface area contributed by atoms with Crippen molar-refractivity contribution < 1.29 is 4.79 Å². The molecule has 0 saturated carbocycles. The fourth-order valence-corrected chi connectivity index (χ4v) is 3.15. The number of carbonyl (C=O) groups excluding carboxylic acids is 1. The number of hydrogen-bond acceptors (Lipinski definition) is 4. The molecule has 0 aliphatic carbocycles. The Bertz CT molecular complexity index is 776. The van der Waals surface area contributed by atoms with Gasteiger partial charge in [-0.1, -0.05) is 36.4 Å². The number of hydrogen-bond donors (Lipinski definition) is 2. The van der Waals surface area contributed by atoms with Gasteiger partial charge in [0.25, 0.3) is 5.56 Å². The number of aromatic nitrogens is 2. The maximum absolute atomic E-state index is 12.5. The highest BCUT2D eigenvalue weighted by molar-refractivity contribution is 8.00. The third kappa shape index (κ3) is 4.59. The molecule has 1 atom stereocenters. The van der Waals surface area contributed by atoms with Gasteiger partial charge in [0, 0.05) is 22.5 Å². The van der Waals surface area contributed by atoms with Crippen molar-refractivity contribution >= 4 is 35.0 Å². The van der Waals surface area contributed by atoms with Gasteiger partial charge in [0.15, 0.2) is 5.16 Å². The number of carbonyl (C=O) groups is 1. The van der Waals surface area contributed by atoms with E-state index in [1.807, 2.05) is 19.9 Å². The number of H-pyrrole nitrogens is 1. The average molecular weight is 352 g/mol. The first-order valence-electron chi connectivity index (χ1n) is 7.21. The minimum Gasteiger partial charge on any atom is -0.325 e. The Morgan fingerprint density at radius 2 is 2.17 bits per heavy atom. The topological polar surface area (TPSA) is 74.8 Å². The predicted octanol–water partition coefficient (Wildman–Crippen LogP) is 3.55. The second-order valence-electron chi connectivity index (χ2n) is 5.11. The van der Waals surface area contributed by atoms with E-state index in [4.69, 9.17) is 11.6 Å². The molecule has 1 heterocycles. The summed E-state index contributed by atoms with van der Waals surface area (Å²) in [6.07, 6.45) is 0.605. The van der Waals surface area contributed by atoms with Crippen LogP contribution < -0.4 is 10.9 Å². The van der Waals surface area contributed by atoms with Crippen molar-refractivity contribution in [3.63, 3.8) is 0 Å². The number of benzene rings is 1. The molecular weight excluding hydrogens is 334 g/mol. The first-order chi connectivity index (χ1) is 10.9. The maximum Gasteiger partial charge on any atom is 0.251 e. The first kappa shape index (κ1) is 17.6. The van der Waals surface area contributed by atoms with Gasteiger partial charge in [0.05, 0.1) is 5.25 Å². The molecule has 0 fully saturated rings.